The van der Waals surface area contributed by atoms with Crippen LogP contribution in [0.3, 0.4) is 0 Å². The lowest BCUT2D eigenvalue weighted by molar-refractivity contribution is 1.72. The number of benzene rings is 8. The van der Waals surface area contributed by atoms with Gasteiger partial charge in [-0.2, -0.15) is 0 Å². The van der Waals surface area contributed by atoms with Crippen LogP contribution in [0.25, 0.3) is 75.8 Å². The first-order valence-corrected chi connectivity index (χ1v) is 12.5. The molecule has 36 heavy (non-hydrogen) atoms. The Morgan fingerprint density at radius 1 is 0.250 bits per heavy atom. The van der Waals surface area contributed by atoms with Gasteiger partial charge < -0.3 is 0 Å². The molecular formula is C36H22. The van der Waals surface area contributed by atoms with E-state index in [-0.39, 0.29) is 0 Å². The number of hydrogen-bond acceptors (Lipinski definition) is 0. The van der Waals surface area contributed by atoms with Gasteiger partial charge in [-0.1, -0.05) is 115 Å². The Kier molecular flexibility index (Phi) is 4.03. The minimum atomic E-state index is 1.28. The van der Waals surface area contributed by atoms with E-state index in [9.17, 15) is 0 Å². The molecule has 0 unspecified atom stereocenters. The second-order valence-electron chi connectivity index (χ2n) is 9.74. The molecule has 166 valence electrons. The molecule has 8 rings (SSSR count). The summed E-state index contributed by atoms with van der Waals surface area (Å²) in [6, 6.07) is 49.2. The zero-order valence-corrected chi connectivity index (χ0v) is 19.7. The van der Waals surface area contributed by atoms with Crippen LogP contribution in [0, 0.1) is 0 Å². The van der Waals surface area contributed by atoms with Crippen LogP contribution in [-0.4, -0.2) is 0 Å². The fourth-order valence-corrected chi connectivity index (χ4v) is 6.11. The summed E-state index contributed by atoms with van der Waals surface area (Å²) in [5, 5.41) is 15.6. The van der Waals surface area contributed by atoms with E-state index >= 15 is 0 Å². The molecule has 0 atom stereocenters. The van der Waals surface area contributed by atoms with E-state index in [0.29, 0.717) is 0 Å². The molecule has 0 aliphatic heterocycles. The minimum absolute atomic E-state index is 1.28. The molecule has 0 nitrogen and oxygen atoms in total. The molecule has 0 heteroatoms. The summed E-state index contributed by atoms with van der Waals surface area (Å²) in [5.41, 5.74) is 2.58. The summed E-state index contributed by atoms with van der Waals surface area (Å²) < 4.78 is 0. The summed E-state index contributed by atoms with van der Waals surface area (Å²) in [6.45, 7) is 0. The first kappa shape index (κ1) is 19.6. The predicted octanol–water partition coefficient (Wildman–Crippen LogP) is 10.3. The van der Waals surface area contributed by atoms with Gasteiger partial charge in [0.05, 0.1) is 0 Å². The van der Waals surface area contributed by atoms with Crippen LogP contribution < -0.4 is 0 Å². The highest BCUT2D eigenvalue weighted by Crippen LogP contribution is 2.42. The second-order valence-corrected chi connectivity index (χ2v) is 9.74. The predicted molar refractivity (Wildman–Crippen MR) is 157 cm³/mol. The molecule has 0 heterocycles. The Morgan fingerprint density at radius 2 is 0.861 bits per heavy atom. The van der Waals surface area contributed by atoms with Gasteiger partial charge >= 0.3 is 0 Å². The van der Waals surface area contributed by atoms with Crippen molar-refractivity contribution in [3.05, 3.63) is 133 Å². The number of fused-ring (bicyclic) bond motifs is 9. The quantitative estimate of drug-likeness (QED) is 0.171. The summed E-state index contributed by atoms with van der Waals surface area (Å²) in [7, 11) is 0. The highest BCUT2D eigenvalue weighted by atomic mass is 14.2. The Balaban J connectivity index is 1.58. The van der Waals surface area contributed by atoms with E-state index in [4.69, 9.17) is 0 Å². The molecule has 0 saturated carbocycles. The lowest BCUT2D eigenvalue weighted by atomic mass is 9.87. The van der Waals surface area contributed by atoms with E-state index < -0.39 is 0 Å². The SMILES string of the molecule is c1ccc2cc3c(ccc4cccc(-c5cc6c7ccccc7ccc6c6ccccc56)c43)cc2c1. The fourth-order valence-electron chi connectivity index (χ4n) is 6.11. The zero-order valence-electron chi connectivity index (χ0n) is 19.7. The number of rotatable bonds is 1. The van der Waals surface area contributed by atoms with E-state index in [1.54, 1.807) is 0 Å². The molecular weight excluding hydrogens is 432 g/mol. The maximum atomic E-state index is 2.43. The monoisotopic (exact) mass is 454 g/mol. The molecule has 0 aromatic heterocycles. The van der Waals surface area contributed by atoms with Crippen molar-refractivity contribution in [2.45, 2.75) is 0 Å². The second kappa shape index (κ2) is 7.41. The average molecular weight is 455 g/mol. The molecule has 0 fully saturated rings. The van der Waals surface area contributed by atoms with E-state index in [2.05, 4.69) is 133 Å². The van der Waals surface area contributed by atoms with Crippen LogP contribution in [0.2, 0.25) is 0 Å². The van der Waals surface area contributed by atoms with E-state index in [0.717, 1.165) is 0 Å². The normalized spacial score (nSPS) is 11.9. The smallest absolute Gasteiger partial charge is 0.00264 e. The van der Waals surface area contributed by atoms with Crippen molar-refractivity contribution in [1.29, 1.82) is 0 Å². The lowest BCUT2D eigenvalue weighted by Gasteiger charge is -2.16. The minimum Gasteiger partial charge on any atom is -0.0616 e. The molecule has 0 radical (unpaired) electrons. The lowest BCUT2D eigenvalue weighted by Crippen LogP contribution is -1.89. The van der Waals surface area contributed by atoms with Crippen LogP contribution in [0.4, 0.5) is 0 Å². The molecule has 0 spiro atoms. The third-order valence-corrected chi connectivity index (χ3v) is 7.78. The van der Waals surface area contributed by atoms with E-state index in [1.807, 2.05) is 0 Å². The maximum absolute atomic E-state index is 2.43. The van der Waals surface area contributed by atoms with Gasteiger partial charge in [0.15, 0.2) is 0 Å². The van der Waals surface area contributed by atoms with Gasteiger partial charge in [-0.25, -0.2) is 0 Å². The van der Waals surface area contributed by atoms with Crippen LogP contribution >= 0.6 is 0 Å². The molecule has 0 aliphatic rings. The average Bonchev–Trinajstić information content (AvgIpc) is 2.95. The van der Waals surface area contributed by atoms with Crippen molar-refractivity contribution in [2.75, 3.05) is 0 Å². The topological polar surface area (TPSA) is 0 Å². The van der Waals surface area contributed by atoms with Crippen LogP contribution in [0.1, 0.15) is 0 Å². The summed E-state index contributed by atoms with van der Waals surface area (Å²) >= 11 is 0. The van der Waals surface area contributed by atoms with Crippen molar-refractivity contribution in [3.8, 4) is 11.1 Å². The number of hydrogen-bond donors (Lipinski definition) is 0. The summed E-state index contributed by atoms with van der Waals surface area (Å²) in [4.78, 5) is 0. The molecule has 0 saturated heterocycles. The molecule has 0 aliphatic carbocycles. The molecule has 8 aromatic rings. The Bertz CT molecular complexity index is 2150. The highest BCUT2D eigenvalue weighted by Gasteiger charge is 2.14. The van der Waals surface area contributed by atoms with Crippen LogP contribution in [0.15, 0.2) is 133 Å². The van der Waals surface area contributed by atoms with Gasteiger partial charge in [0.2, 0.25) is 0 Å². The molecule has 0 amide bonds. The van der Waals surface area contributed by atoms with Crippen molar-refractivity contribution in [2.24, 2.45) is 0 Å². The van der Waals surface area contributed by atoms with Crippen LogP contribution in [0.5, 0.6) is 0 Å². The van der Waals surface area contributed by atoms with Gasteiger partial charge in [-0.05, 0) is 94.0 Å². The van der Waals surface area contributed by atoms with Gasteiger partial charge in [0.25, 0.3) is 0 Å². The molecule has 8 aromatic carbocycles. The largest absolute Gasteiger partial charge is 0.0616 e. The van der Waals surface area contributed by atoms with Gasteiger partial charge in [-0.15, -0.1) is 0 Å². The van der Waals surface area contributed by atoms with Crippen molar-refractivity contribution in [3.63, 3.8) is 0 Å². The van der Waals surface area contributed by atoms with Crippen molar-refractivity contribution in [1.82, 2.24) is 0 Å². The molecule has 0 bridgehead atoms. The van der Waals surface area contributed by atoms with Gasteiger partial charge in [0.1, 0.15) is 0 Å². The summed E-state index contributed by atoms with van der Waals surface area (Å²) in [5.74, 6) is 0. The van der Waals surface area contributed by atoms with E-state index in [1.165, 1.54) is 75.8 Å². The molecule has 0 N–H and O–H groups in total. The van der Waals surface area contributed by atoms with Crippen molar-refractivity contribution >= 4 is 64.6 Å². The fraction of sp³-hybridized carbons (Fsp3) is 0. The highest BCUT2D eigenvalue weighted by molar-refractivity contribution is 6.24. The van der Waals surface area contributed by atoms with Crippen molar-refractivity contribution < 1.29 is 0 Å². The van der Waals surface area contributed by atoms with Gasteiger partial charge in [0, 0.05) is 0 Å². The van der Waals surface area contributed by atoms with Gasteiger partial charge in [-0.3, -0.25) is 0 Å². The first-order chi connectivity index (χ1) is 17.8. The first-order valence-electron chi connectivity index (χ1n) is 12.5. The standard InChI is InChI=1S/C36H22/c1-2-10-26-21-33-27(20-25(26)9-1)17-16-24-11-7-15-32(36(24)33)35-22-34-28-12-4-3-8-23(28)18-19-31(34)29-13-5-6-14-30(29)35/h1-22H. The Morgan fingerprint density at radius 3 is 1.72 bits per heavy atom. The maximum Gasteiger partial charge on any atom is -0.00264 e. The Hall–Kier alpha value is -4.68. The zero-order chi connectivity index (χ0) is 23.6. The van der Waals surface area contributed by atoms with Crippen LogP contribution in [-0.2, 0) is 0 Å². The Labute approximate surface area is 209 Å². The third kappa shape index (κ3) is 2.76. The summed E-state index contributed by atoms with van der Waals surface area (Å²) in [6.07, 6.45) is 0. The third-order valence-electron chi connectivity index (χ3n) is 7.78.